The number of hydrogen-bond donors (Lipinski definition) is 1. The Kier molecular flexibility index (Phi) is 3.44. The molecular weight excluding hydrogens is 239 g/mol. The summed E-state index contributed by atoms with van der Waals surface area (Å²) in [5.41, 5.74) is 0.225. The van der Waals surface area contributed by atoms with Gasteiger partial charge in [0, 0.05) is 9.79 Å². The first-order chi connectivity index (χ1) is 8.16. The van der Waals surface area contributed by atoms with Crippen molar-refractivity contribution < 1.29 is 14.3 Å². The molecule has 0 saturated carbocycles. The fraction of sp³-hybridized carbons (Fsp3) is 0. The quantitative estimate of drug-likeness (QED) is 0.900. The summed E-state index contributed by atoms with van der Waals surface area (Å²) in [5.74, 6) is -1.24. The van der Waals surface area contributed by atoms with Crippen LogP contribution in [0.25, 0.3) is 0 Å². The monoisotopic (exact) mass is 248 g/mol. The maximum absolute atomic E-state index is 13.4. The molecule has 4 heteroatoms. The zero-order chi connectivity index (χ0) is 12.3. The van der Waals surface area contributed by atoms with Crippen molar-refractivity contribution in [3.8, 4) is 0 Å². The van der Waals surface area contributed by atoms with Gasteiger partial charge in [-0.1, -0.05) is 23.9 Å². The maximum atomic E-state index is 13.4. The van der Waals surface area contributed by atoms with Crippen molar-refractivity contribution in [3.05, 3.63) is 59.9 Å². The lowest BCUT2D eigenvalue weighted by Crippen LogP contribution is -1.94. The van der Waals surface area contributed by atoms with Crippen LogP contribution in [0.3, 0.4) is 0 Å². The molecule has 2 rings (SSSR count). The third-order valence-electron chi connectivity index (χ3n) is 2.17. The van der Waals surface area contributed by atoms with Crippen molar-refractivity contribution in [2.75, 3.05) is 0 Å². The van der Waals surface area contributed by atoms with Gasteiger partial charge in [-0.15, -0.1) is 0 Å². The molecule has 0 aliphatic carbocycles. The molecule has 0 spiro atoms. The Balaban J connectivity index is 2.20. The molecule has 2 aromatic carbocycles. The topological polar surface area (TPSA) is 37.3 Å². The molecule has 2 nitrogen and oxygen atoms in total. The van der Waals surface area contributed by atoms with Crippen LogP contribution in [0.2, 0.25) is 0 Å². The summed E-state index contributed by atoms with van der Waals surface area (Å²) in [6.45, 7) is 0. The van der Waals surface area contributed by atoms with Crippen LogP contribution >= 0.6 is 11.8 Å². The number of carboxylic acid groups (broad SMARTS) is 1. The fourth-order valence-electron chi connectivity index (χ4n) is 1.32. The third-order valence-corrected chi connectivity index (χ3v) is 3.22. The van der Waals surface area contributed by atoms with Gasteiger partial charge < -0.3 is 5.11 Å². The highest BCUT2D eigenvalue weighted by atomic mass is 32.2. The van der Waals surface area contributed by atoms with Gasteiger partial charge in [-0.25, -0.2) is 9.18 Å². The predicted molar refractivity (Wildman–Crippen MR) is 63.9 cm³/mol. The third kappa shape index (κ3) is 2.85. The van der Waals surface area contributed by atoms with Crippen LogP contribution in [0, 0.1) is 5.82 Å². The highest BCUT2D eigenvalue weighted by Gasteiger charge is 2.05. The molecule has 0 heterocycles. The van der Waals surface area contributed by atoms with Crippen molar-refractivity contribution in [2.45, 2.75) is 9.79 Å². The molecule has 0 radical (unpaired) electrons. The van der Waals surface area contributed by atoms with Crippen LogP contribution in [0.15, 0.2) is 58.3 Å². The molecule has 0 bridgehead atoms. The number of aromatic carboxylic acids is 1. The minimum absolute atomic E-state index is 0.225. The van der Waals surface area contributed by atoms with Crippen LogP contribution in [0.5, 0.6) is 0 Å². The van der Waals surface area contributed by atoms with E-state index >= 15 is 0 Å². The lowest BCUT2D eigenvalue weighted by atomic mass is 10.2. The first-order valence-corrected chi connectivity index (χ1v) is 5.74. The van der Waals surface area contributed by atoms with Gasteiger partial charge >= 0.3 is 5.97 Å². The van der Waals surface area contributed by atoms with Crippen LogP contribution < -0.4 is 0 Å². The Labute approximate surface area is 102 Å². The molecule has 2 aromatic rings. The van der Waals surface area contributed by atoms with E-state index in [-0.39, 0.29) is 11.4 Å². The number of hydrogen-bond acceptors (Lipinski definition) is 2. The molecule has 86 valence electrons. The lowest BCUT2D eigenvalue weighted by Gasteiger charge is -2.03. The normalized spacial score (nSPS) is 10.2. The van der Waals surface area contributed by atoms with E-state index < -0.39 is 5.97 Å². The number of halogens is 1. The van der Waals surface area contributed by atoms with E-state index in [1.165, 1.54) is 30.0 Å². The molecule has 0 aliphatic heterocycles. The number of carbonyl (C=O) groups is 1. The van der Waals surface area contributed by atoms with E-state index in [0.717, 1.165) is 4.90 Å². The van der Waals surface area contributed by atoms with E-state index in [0.29, 0.717) is 4.90 Å². The van der Waals surface area contributed by atoms with Gasteiger partial charge in [-0.3, -0.25) is 0 Å². The van der Waals surface area contributed by atoms with E-state index in [1.54, 1.807) is 30.3 Å². The van der Waals surface area contributed by atoms with Gasteiger partial charge in [0.1, 0.15) is 5.82 Å². The Bertz CT molecular complexity index is 537. The highest BCUT2D eigenvalue weighted by molar-refractivity contribution is 7.99. The van der Waals surface area contributed by atoms with E-state index in [9.17, 15) is 9.18 Å². The van der Waals surface area contributed by atoms with Crippen LogP contribution in [-0.2, 0) is 0 Å². The Morgan fingerprint density at radius 2 is 1.71 bits per heavy atom. The molecule has 0 unspecified atom stereocenters. The molecule has 1 N–H and O–H groups in total. The van der Waals surface area contributed by atoms with E-state index in [4.69, 9.17) is 5.11 Å². The average Bonchev–Trinajstić information content (AvgIpc) is 2.33. The first-order valence-electron chi connectivity index (χ1n) is 4.92. The smallest absolute Gasteiger partial charge is 0.335 e. The van der Waals surface area contributed by atoms with Gasteiger partial charge in [-0.05, 0) is 36.4 Å². The Hall–Kier alpha value is -1.81. The van der Waals surface area contributed by atoms with Gasteiger partial charge in [-0.2, -0.15) is 0 Å². The van der Waals surface area contributed by atoms with Crippen molar-refractivity contribution in [2.24, 2.45) is 0 Å². The summed E-state index contributed by atoms with van der Waals surface area (Å²) in [5, 5.41) is 8.74. The first kappa shape index (κ1) is 11.7. The minimum atomic E-state index is -0.965. The number of benzene rings is 2. The van der Waals surface area contributed by atoms with Gasteiger partial charge in [0.2, 0.25) is 0 Å². The summed E-state index contributed by atoms with van der Waals surface area (Å²) in [6.07, 6.45) is 0. The van der Waals surface area contributed by atoms with Gasteiger partial charge in [0.25, 0.3) is 0 Å². The Morgan fingerprint density at radius 3 is 2.29 bits per heavy atom. The molecule has 0 atom stereocenters. The minimum Gasteiger partial charge on any atom is -0.478 e. The fourth-order valence-corrected chi connectivity index (χ4v) is 2.16. The van der Waals surface area contributed by atoms with E-state index in [2.05, 4.69) is 0 Å². The number of rotatable bonds is 3. The molecule has 0 fully saturated rings. The number of carboxylic acids is 1. The van der Waals surface area contributed by atoms with Crippen molar-refractivity contribution in [1.82, 2.24) is 0 Å². The zero-order valence-electron chi connectivity index (χ0n) is 8.76. The summed E-state index contributed by atoms with van der Waals surface area (Å²) < 4.78 is 13.4. The van der Waals surface area contributed by atoms with Crippen LogP contribution in [0.4, 0.5) is 4.39 Å². The molecule has 0 amide bonds. The van der Waals surface area contributed by atoms with E-state index in [1.807, 2.05) is 0 Å². The lowest BCUT2D eigenvalue weighted by molar-refractivity contribution is 0.0697. The van der Waals surface area contributed by atoms with Gasteiger partial charge in [0.05, 0.1) is 5.56 Å². The van der Waals surface area contributed by atoms with Crippen LogP contribution in [0.1, 0.15) is 10.4 Å². The predicted octanol–water partition coefficient (Wildman–Crippen LogP) is 3.68. The maximum Gasteiger partial charge on any atom is 0.335 e. The second-order valence-corrected chi connectivity index (χ2v) is 4.48. The molecule has 17 heavy (non-hydrogen) atoms. The van der Waals surface area contributed by atoms with Crippen molar-refractivity contribution in [3.63, 3.8) is 0 Å². The molecular formula is C13H9FO2S. The van der Waals surface area contributed by atoms with Crippen molar-refractivity contribution in [1.29, 1.82) is 0 Å². The van der Waals surface area contributed by atoms with Gasteiger partial charge in [0.15, 0.2) is 0 Å². The largest absolute Gasteiger partial charge is 0.478 e. The molecule has 0 aliphatic rings. The molecule has 0 aromatic heterocycles. The highest BCUT2D eigenvalue weighted by Crippen LogP contribution is 2.29. The van der Waals surface area contributed by atoms with Crippen LogP contribution in [-0.4, -0.2) is 11.1 Å². The second kappa shape index (κ2) is 5.01. The Morgan fingerprint density at radius 1 is 1.06 bits per heavy atom. The second-order valence-electron chi connectivity index (χ2n) is 3.36. The summed E-state index contributed by atoms with van der Waals surface area (Å²) in [4.78, 5) is 12.0. The van der Waals surface area contributed by atoms with Crippen molar-refractivity contribution >= 4 is 17.7 Å². The summed E-state index contributed by atoms with van der Waals surface area (Å²) >= 11 is 1.27. The summed E-state index contributed by atoms with van der Waals surface area (Å²) in [6, 6.07) is 12.8. The average molecular weight is 248 g/mol. The standard InChI is InChI=1S/C13H9FO2S/c14-11-3-1-2-4-12(11)17-10-7-5-9(6-8-10)13(15)16/h1-8H,(H,15,16). The molecule has 0 saturated heterocycles. The zero-order valence-corrected chi connectivity index (χ0v) is 9.58. The SMILES string of the molecule is O=C(O)c1ccc(Sc2ccccc2F)cc1. The summed E-state index contributed by atoms with van der Waals surface area (Å²) in [7, 11) is 0.